The van der Waals surface area contributed by atoms with Crippen molar-refractivity contribution >= 4 is 28.3 Å². The highest BCUT2D eigenvalue weighted by molar-refractivity contribution is 5.90. The van der Waals surface area contributed by atoms with Gasteiger partial charge < -0.3 is 10.1 Å². The predicted molar refractivity (Wildman–Crippen MR) is 122 cm³/mol. The lowest BCUT2D eigenvalue weighted by molar-refractivity contribution is -0.117. The summed E-state index contributed by atoms with van der Waals surface area (Å²) in [5, 5.41) is 6.78. The highest BCUT2D eigenvalue weighted by atomic mass is 19.1. The van der Waals surface area contributed by atoms with E-state index in [0.717, 1.165) is 22.9 Å². The van der Waals surface area contributed by atoms with Crippen LogP contribution in [0.3, 0.4) is 0 Å². The highest BCUT2D eigenvalue weighted by Crippen LogP contribution is 2.15. The summed E-state index contributed by atoms with van der Waals surface area (Å²) < 4.78 is 36.3. The normalized spacial score (nSPS) is 11.6. The number of amides is 1. The molecule has 1 N–H and O–H groups in total. The van der Waals surface area contributed by atoms with Gasteiger partial charge in [0.05, 0.1) is 22.7 Å². The van der Waals surface area contributed by atoms with Gasteiger partial charge in [0.25, 0.3) is 5.56 Å². The molecule has 0 aliphatic heterocycles. The Hall–Kier alpha value is -3.86. The van der Waals surface area contributed by atoms with Crippen LogP contribution in [0.1, 0.15) is 20.3 Å². The molecule has 0 aliphatic rings. The Morgan fingerprint density at radius 3 is 2.68 bits per heavy atom. The van der Waals surface area contributed by atoms with Crippen LogP contribution in [0.15, 0.2) is 52.1 Å². The quantitative estimate of drug-likeness (QED) is 0.398. The number of fused-ring (bicyclic) bond motifs is 3. The molecule has 2 aromatic heterocycles. The largest absolute Gasteiger partial charge is 0.379 e. The molecular weight excluding hydrogens is 448 g/mol. The zero-order valence-electron chi connectivity index (χ0n) is 18.6. The molecule has 0 atom stereocenters. The third kappa shape index (κ3) is 4.60. The van der Waals surface area contributed by atoms with Gasteiger partial charge in [0.1, 0.15) is 18.2 Å². The molecule has 2 aromatic carbocycles. The number of carbonyl (C=O) groups is 1. The Balaban J connectivity index is 1.72. The molecule has 0 radical (unpaired) electrons. The first-order chi connectivity index (χ1) is 16.3. The number of anilines is 1. The first kappa shape index (κ1) is 23.3. The Labute approximate surface area is 192 Å². The fourth-order valence-electron chi connectivity index (χ4n) is 3.63. The third-order valence-electron chi connectivity index (χ3n) is 5.16. The maximum absolute atomic E-state index is 13.9. The van der Waals surface area contributed by atoms with Crippen LogP contribution >= 0.6 is 0 Å². The SMILES string of the molecule is CC(C)OCCCn1c(=O)c2ccccc2n2c(=O)n(CC(=O)Nc3cc(F)ccc3F)nc12. The number of rotatable bonds is 8. The van der Waals surface area contributed by atoms with Gasteiger partial charge in [-0.25, -0.2) is 22.7 Å². The minimum absolute atomic E-state index is 0.0385. The van der Waals surface area contributed by atoms with Crippen molar-refractivity contribution in [2.24, 2.45) is 0 Å². The van der Waals surface area contributed by atoms with Crippen LogP contribution in [0.2, 0.25) is 0 Å². The molecule has 0 unspecified atom stereocenters. The van der Waals surface area contributed by atoms with E-state index in [1.807, 2.05) is 13.8 Å². The van der Waals surface area contributed by atoms with E-state index in [1.165, 1.54) is 8.97 Å². The zero-order chi connectivity index (χ0) is 24.4. The molecule has 0 saturated carbocycles. The monoisotopic (exact) mass is 471 g/mol. The molecule has 2 heterocycles. The maximum atomic E-state index is 13.9. The third-order valence-corrected chi connectivity index (χ3v) is 5.16. The zero-order valence-corrected chi connectivity index (χ0v) is 18.6. The minimum Gasteiger partial charge on any atom is -0.379 e. The molecule has 178 valence electrons. The van der Waals surface area contributed by atoms with E-state index < -0.39 is 29.8 Å². The first-order valence-corrected chi connectivity index (χ1v) is 10.7. The Kier molecular flexibility index (Phi) is 6.55. The molecule has 1 amide bonds. The smallest absolute Gasteiger partial charge is 0.352 e. The number of aromatic nitrogens is 4. The van der Waals surface area contributed by atoms with Gasteiger partial charge in [-0.3, -0.25) is 14.2 Å². The molecular formula is C23H23F2N5O4. The standard InChI is InChI=1S/C23H23F2N5O4/c1-14(2)34-11-5-10-28-21(32)16-6-3-4-7-19(16)30-22(28)27-29(23(30)33)13-20(31)26-18-12-15(24)8-9-17(18)25/h3-4,6-9,12,14H,5,10-11,13H2,1-2H3,(H,26,31). The molecule has 4 aromatic rings. The Morgan fingerprint density at radius 1 is 1.15 bits per heavy atom. The average molecular weight is 471 g/mol. The topological polar surface area (TPSA) is 99.6 Å². The summed E-state index contributed by atoms with van der Waals surface area (Å²) in [6.45, 7) is 3.91. The van der Waals surface area contributed by atoms with Crippen molar-refractivity contribution in [3.8, 4) is 0 Å². The van der Waals surface area contributed by atoms with Gasteiger partial charge in [-0.1, -0.05) is 12.1 Å². The van der Waals surface area contributed by atoms with Crippen LogP contribution in [0, 0.1) is 11.6 Å². The Morgan fingerprint density at radius 2 is 1.91 bits per heavy atom. The van der Waals surface area contributed by atoms with Crippen LogP contribution in [0.5, 0.6) is 0 Å². The second kappa shape index (κ2) is 9.56. The van der Waals surface area contributed by atoms with Crippen molar-refractivity contribution in [3.63, 3.8) is 0 Å². The van der Waals surface area contributed by atoms with Crippen molar-refractivity contribution in [2.75, 3.05) is 11.9 Å². The van der Waals surface area contributed by atoms with Crippen molar-refractivity contribution in [1.29, 1.82) is 0 Å². The Bertz CT molecular complexity index is 1490. The van der Waals surface area contributed by atoms with Gasteiger partial charge in [0.15, 0.2) is 0 Å². The number of halogens is 2. The summed E-state index contributed by atoms with van der Waals surface area (Å²) in [4.78, 5) is 38.7. The van der Waals surface area contributed by atoms with Crippen LogP contribution < -0.4 is 16.6 Å². The van der Waals surface area contributed by atoms with E-state index in [1.54, 1.807) is 24.3 Å². The predicted octanol–water partition coefficient (Wildman–Crippen LogP) is 2.54. The van der Waals surface area contributed by atoms with Crippen molar-refractivity contribution in [1.82, 2.24) is 18.7 Å². The van der Waals surface area contributed by atoms with Crippen molar-refractivity contribution in [2.45, 2.75) is 39.5 Å². The lowest BCUT2D eigenvalue weighted by Gasteiger charge is -2.11. The summed E-state index contributed by atoms with van der Waals surface area (Å²) in [6, 6.07) is 9.25. The maximum Gasteiger partial charge on any atom is 0.352 e. The van der Waals surface area contributed by atoms with E-state index in [-0.39, 0.29) is 29.7 Å². The van der Waals surface area contributed by atoms with Crippen molar-refractivity contribution < 1.29 is 18.3 Å². The molecule has 9 nitrogen and oxygen atoms in total. The van der Waals surface area contributed by atoms with Crippen LogP contribution in [-0.4, -0.2) is 37.4 Å². The lowest BCUT2D eigenvalue weighted by Crippen LogP contribution is -2.29. The number of carbonyl (C=O) groups excluding carboxylic acids is 1. The van der Waals surface area contributed by atoms with Gasteiger partial charge in [-0.05, 0) is 44.5 Å². The van der Waals surface area contributed by atoms with Crippen molar-refractivity contribution in [3.05, 3.63) is 74.9 Å². The number of para-hydroxylation sites is 1. The number of hydrogen-bond donors (Lipinski definition) is 1. The molecule has 34 heavy (non-hydrogen) atoms. The van der Waals surface area contributed by atoms with Gasteiger partial charge in [0.2, 0.25) is 11.7 Å². The first-order valence-electron chi connectivity index (χ1n) is 10.7. The van der Waals surface area contributed by atoms with Gasteiger partial charge in [-0.15, -0.1) is 5.10 Å². The van der Waals surface area contributed by atoms with Crippen LogP contribution in [0.25, 0.3) is 16.7 Å². The molecule has 0 saturated heterocycles. The molecule has 4 rings (SSSR count). The van der Waals surface area contributed by atoms with E-state index in [0.29, 0.717) is 23.9 Å². The average Bonchev–Trinajstić information content (AvgIpc) is 3.11. The fourth-order valence-corrected chi connectivity index (χ4v) is 3.63. The summed E-state index contributed by atoms with van der Waals surface area (Å²) >= 11 is 0. The second-order valence-electron chi connectivity index (χ2n) is 8.00. The second-order valence-corrected chi connectivity index (χ2v) is 8.00. The number of nitrogens with zero attached hydrogens (tertiary/aromatic N) is 4. The lowest BCUT2D eigenvalue weighted by atomic mass is 10.2. The molecule has 0 fully saturated rings. The number of benzene rings is 2. The van der Waals surface area contributed by atoms with E-state index in [4.69, 9.17) is 4.74 Å². The van der Waals surface area contributed by atoms with E-state index >= 15 is 0 Å². The summed E-state index contributed by atoms with van der Waals surface area (Å²) in [5.74, 6) is -2.25. The van der Waals surface area contributed by atoms with E-state index in [2.05, 4.69) is 10.4 Å². The van der Waals surface area contributed by atoms with Gasteiger partial charge in [0, 0.05) is 19.2 Å². The molecule has 0 aliphatic carbocycles. The van der Waals surface area contributed by atoms with Gasteiger partial charge in [-0.2, -0.15) is 0 Å². The van der Waals surface area contributed by atoms with Crippen LogP contribution in [-0.2, 0) is 22.6 Å². The number of hydrogen-bond acceptors (Lipinski definition) is 5. The van der Waals surface area contributed by atoms with E-state index in [9.17, 15) is 23.2 Å². The summed E-state index contributed by atoms with van der Waals surface area (Å²) in [5.41, 5.74) is -0.969. The highest BCUT2D eigenvalue weighted by Gasteiger charge is 2.19. The minimum atomic E-state index is -0.819. The summed E-state index contributed by atoms with van der Waals surface area (Å²) in [6.07, 6.45) is 0.545. The van der Waals surface area contributed by atoms with Gasteiger partial charge >= 0.3 is 5.69 Å². The fraction of sp³-hybridized carbons (Fsp3) is 0.304. The molecule has 11 heteroatoms. The van der Waals surface area contributed by atoms with Crippen LogP contribution in [0.4, 0.5) is 14.5 Å². The number of ether oxygens (including phenoxy) is 1. The number of nitrogens with one attached hydrogen (secondary N) is 1. The summed E-state index contributed by atoms with van der Waals surface area (Å²) in [7, 11) is 0. The number of aryl methyl sites for hydroxylation is 1. The molecule has 0 spiro atoms. The molecule has 0 bridgehead atoms.